The first kappa shape index (κ1) is 5.93. The summed E-state index contributed by atoms with van der Waals surface area (Å²) in [6, 6.07) is 0. The zero-order valence-electron chi connectivity index (χ0n) is 4.25. The predicted molar refractivity (Wildman–Crippen MR) is 27.2 cm³/mol. The van der Waals surface area contributed by atoms with Crippen LogP contribution >= 0.6 is 0 Å². The number of nitrogens with zero attached hydrogens (tertiary/aromatic N) is 3. The fourth-order valence-corrected chi connectivity index (χ4v) is 0.357. The average molecular weight is 133 g/mol. The normalized spacial score (nSPS) is 17.2. The lowest BCUT2D eigenvalue weighted by Crippen LogP contribution is -2.17. The lowest BCUT2D eigenvalue weighted by atomic mass is 10.6. The van der Waals surface area contributed by atoms with Gasteiger partial charge in [0.25, 0.3) is 6.43 Å². The largest absolute Gasteiger partial charge is 0.366 e. The Kier molecular flexibility index (Phi) is 1.29. The number of guanidine groups is 1. The molecule has 0 saturated heterocycles. The summed E-state index contributed by atoms with van der Waals surface area (Å²) in [6.07, 6.45) is -2.69. The number of aliphatic imine (C=N–C) groups is 1. The molecule has 0 amide bonds. The van der Waals surface area contributed by atoms with Crippen LogP contribution in [0.3, 0.4) is 0 Å². The van der Waals surface area contributed by atoms with Gasteiger partial charge in [-0.25, -0.2) is 8.78 Å². The van der Waals surface area contributed by atoms with Crippen molar-refractivity contribution in [2.75, 3.05) is 0 Å². The molecule has 6 heteroatoms. The van der Waals surface area contributed by atoms with Crippen molar-refractivity contribution in [2.45, 2.75) is 6.43 Å². The van der Waals surface area contributed by atoms with Crippen molar-refractivity contribution in [3.05, 3.63) is 0 Å². The van der Waals surface area contributed by atoms with Gasteiger partial charge in [-0.15, -0.1) is 10.5 Å². The van der Waals surface area contributed by atoms with Crippen LogP contribution in [0.25, 0.3) is 0 Å². The summed E-state index contributed by atoms with van der Waals surface area (Å²) in [5, 5.41) is 2.98. The Hall–Kier alpha value is -1.20. The molecule has 1 aliphatic heterocycles. The summed E-state index contributed by atoms with van der Waals surface area (Å²) in [6.45, 7) is 0. The smallest absolute Gasteiger partial charge is 0.299 e. The monoisotopic (exact) mass is 133 g/mol. The number of alkyl halides is 2. The Morgan fingerprint density at radius 2 is 2.11 bits per heavy atom. The molecule has 0 spiro atoms. The molecule has 0 atom stereocenters. The number of hydrogen-bond donors (Lipinski definition) is 1. The van der Waals surface area contributed by atoms with Crippen molar-refractivity contribution in [2.24, 2.45) is 15.8 Å². The van der Waals surface area contributed by atoms with Crippen LogP contribution in [0.4, 0.5) is 8.78 Å². The maximum Gasteiger partial charge on any atom is 0.299 e. The topological polar surface area (TPSA) is 64.8 Å². The van der Waals surface area contributed by atoms with E-state index in [0.717, 1.165) is 0 Å². The summed E-state index contributed by atoms with van der Waals surface area (Å²) in [7, 11) is 0. The molecular formula is C3H3F2N4. The minimum atomic E-state index is -2.69. The minimum Gasteiger partial charge on any atom is -0.366 e. The van der Waals surface area contributed by atoms with Crippen LogP contribution in [0.1, 0.15) is 0 Å². The van der Waals surface area contributed by atoms with E-state index in [9.17, 15) is 8.78 Å². The van der Waals surface area contributed by atoms with Crippen LogP contribution in [0.15, 0.2) is 10.1 Å². The second kappa shape index (κ2) is 1.96. The van der Waals surface area contributed by atoms with E-state index < -0.39 is 12.3 Å². The lowest BCUT2D eigenvalue weighted by Gasteiger charge is -1.86. The summed E-state index contributed by atoms with van der Waals surface area (Å²) >= 11 is 0. The van der Waals surface area contributed by atoms with Gasteiger partial charge in [0.15, 0.2) is 0 Å². The Bertz CT molecular complexity index is 173. The standard InChI is InChI=1S/C3H3F2N4/c4-1(5)2-7-3(6)9-8-2/h1H,(H2,6,7,8). The van der Waals surface area contributed by atoms with Gasteiger partial charge in [0.1, 0.15) is 0 Å². The molecule has 0 bridgehead atoms. The summed E-state index contributed by atoms with van der Waals surface area (Å²) in [5.74, 6) is -0.835. The van der Waals surface area contributed by atoms with Crippen LogP contribution in [0.5, 0.6) is 0 Å². The van der Waals surface area contributed by atoms with Gasteiger partial charge in [-0.2, -0.15) is 4.99 Å². The van der Waals surface area contributed by atoms with Crippen molar-refractivity contribution in [1.29, 1.82) is 0 Å². The number of rotatable bonds is 1. The Morgan fingerprint density at radius 3 is 2.33 bits per heavy atom. The molecule has 0 aromatic heterocycles. The van der Waals surface area contributed by atoms with Crippen molar-refractivity contribution in [1.82, 2.24) is 5.43 Å². The van der Waals surface area contributed by atoms with E-state index in [2.05, 4.69) is 15.5 Å². The SMILES string of the molecule is NC1=NC(C(F)F)=N[N]1. The third-order valence-electron chi connectivity index (χ3n) is 0.679. The van der Waals surface area contributed by atoms with Gasteiger partial charge in [0.05, 0.1) is 0 Å². The maximum absolute atomic E-state index is 11.6. The molecule has 0 unspecified atom stereocenters. The van der Waals surface area contributed by atoms with E-state index in [0.29, 0.717) is 0 Å². The molecule has 1 rings (SSSR count). The summed E-state index contributed by atoms with van der Waals surface area (Å²) in [4.78, 5) is 3.12. The summed E-state index contributed by atoms with van der Waals surface area (Å²) < 4.78 is 23.1. The van der Waals surface area contributed by atoms with Gasteiger partial charge in [0.2, 0.25) is 11.8 Å². The predicted octanol–water partition coefficient (Wildman–Crippen LogP) is -0.502. The lowest BCUT2D eigenvalue weighted by molar-refractivity contribution is 0.224. The highest BCUT2D eigenvalue weighted by Crippen LogP contribution is 2.00. The average Bonchev–Trinajstić information content (AvgIpc) is 2.14. The third-order valence-corrected chi connectivity index (χ3v) is 0.679. The number of hydrogen-bond acceptors (Lipinski definition) is 3. The Balaban J connectivity index is 2.64. The first-order valence-corrected chi connectivity index (χ1v) is 2.11. The van der Waals surface area contributed by atoms with Crippen molar-refractivity contribution in [3.8, 4) is 0 Å². The highest BCUT2D eigenvalue weighted by atomic mass is 19.3. The van der Waals surface area contributed by atoms with Crippen LogP contribution in [-0.2, 0) is 0 Å². The first-order valence-electron chi connectivity index (χ1n) is 2.11. The van der Waals surface area contributed by atoms with Gasteiger partial charge >= 0.3 is 0 Å². The Morgan fingerprint density at radius 1 is 1.44 bits per heavy atom. The van der Waals surface area contributed by atoms with E-state index >= 15 is 0 Å². The maximum atomic E-state index is 11.6. The van der Waals surface area contributed by atoms with E-state index in [1.807, 2.05) is 0 Å². The second-order valence-electron chi connectivity index (χ2n) is 1.33. The molecule has 0 saturated carbocycles. The molecule has 9 heavy (non-hydrogen) atoms. The van der Waals surface area contributed by atoms with Crippen molar-refractivity contribution in [3.63, 3.8) is 0 Å². The zero-order valence-corrected chi connectivity index (χ0v) is 4.25. The first-order chi connectivity index (χ1) is 4.20. The zero-order chi connectivity index (χ0) is 6.85. The number of halogens is 2. The van der Waals surface area contributed by atoms with Crippen LogP contribution in [-0.4, -0.2) is 18.2 Å². The molecule has 0 fully saturated rings. The van der Waals surface area contributed by atoms with Gasteiger partial charge in [-0.3, -0.25) is 0 Å². The molecule has 0 aliphatic carbocycles. The van der Waals surface area contributed by atoms with Crippen LogP contribution in [0.2, 0.25) is 0 Å². The summed E-state index contributed by atoms with van der Waals surface area (Å²) in [5.41, 5.74) is 7.97. The molecule has 1 aliphatic rings. The van der Waals surface area contributed by atoms with Gasteiger partial charge in [0, 0.05) is 0 Å². The van der Waals surface area contributed by atoms with Crippen molar-refractivity contribution >= 4 is 11.8 Å². The highest BCUT2D eigenvalue weighted by Gasteiger charge is 2.17. The number of amidine groups is 1. The molecule has 4 nitrogen and oxygen atoms in total. The second-order valence-corrected chi connectivity index (χ2v) is 1.33. The number of nitrogens with two attached hydrogens (primary N) is 1. The molecule has 1 radical (unpaired) electrons. The van der Waals surface area contributed by atoms with E-state index in [1.165, 1.54) is 0 Å². The molecule has 49 valence electrons. The fourth-order valence-electron chi connectivity index (χ4n) is 0.357. The van der Waals surface area contributed by atoms with E-state index in [1.54, 1.807) is 0 Å². The molecule has 2 N–H and O–H groups in total. The van der Waals surface area contributed by atoms with Gasteiger partial charge in [-0.05, 0) is 0 Å². The molecule has 1 heterocycles. The van der Waals surface area contributed by atoms with E-state index in [-0.39, 0.29) is 5.96 Å². The highest BCUT2D eigenvalue weighted by molar-refractivity contribution is 6.00. The fraction of sp³-hybridized carbons (Fsp3) is 0.333. The quantitative estimate of drug-likeness (QED) is 0.514. The van der Waals surface area contributed by atoms with E-state index in [4.69, 9.17) is 5.73 Å². The van der Waals surface area contributed by atoms with Crippen LogP contribution < -0.4 is 11.2 Å². The van der Waals surface area contributed by atoms with Gasteiger partial charge in [-0.1, -0.05) is 0 Å². The minimum absolute atomic E-state index is 0.217. The molecule has 0 aromatic rings. The molecular weight excluding hydrogens is 130 g/mol. The molecule has 0 aromatic carbocycles. The van der Waals surface area contributed by atoms with Gasteiger partial charge < -0.3 is 5.73 Å². The van der Waals surface area contributed by atoms with Crippen LogP contribution in [0, 0.1) is 0 Å². The van der Waals surface area contributed by atoms with Crippen molar-refractivity contribution < 1.29 is 8.78 Å². The third kappa shape index (κ3) is 1.13. The Labute approximate surface area is 49.4 Å².